The molecule has 0 bridgehead atoms. The van der Waals surface area contributed by atoms with E-state index in [1.165, 1.54) is 0 Å². The number of hydrogen-bond donors (Lipinski definition) is 1. The van der Waals surface area contributed by atoms with E-state index in [9.17, 15) is 0 Å². The van der Waals surface area contributed by atoms with Gasteiger partial charge in [-0.25, -0.2) is 0 Å². The van der Waals surface area contributed by atoms with Crippen molar-refractivity contribution in [3.05, 3.63) is 58.6 Å². The van der Waals surface area contributed by atoms with Gasteiger partial charge in [0, 0.05) is 30.7 Å². The minimum absolute atomic E-state index is 0.609. The van der Waals surface area contributed by atoms with E-state index in [4.69, 9.17) is 33.3 Å². The number of benzene rings is 2. The first-order valence-electron chi connectivity index (χ1n) is 7.47. The van der Waals surface area contributed by atoms with Crippen LogP contribution in [0.5, 0.6) is 11.5 Å². The van der Waals surface area contributed by atoms with E-state index in [2.05, 4.69) is 5.32 Å². The molecule has 0 aromatic heterocycles. The quantitative estimate of drug-likeness (QED) is 0.787. The highest BCUT2D eigenvalue weighted by molar-refractivity contribution is 7.80. The molecule has 0 radical (unpaired) electrons. The predicted octanol–water partition coefficient (Wildman–Crippen LogP) is 3.86. The Morgan fingerprint density at radius 3 is 2.46 bits per heavy atom. The Morgan fingerprint density at radius 1 is 1.12 bits per heavy atom. The van der Waals surface area contributed by atoms with Crippen molar-refractivity contribution in [2.24, 2.45) is 0 Å². The van der Waals surface area contributed by atoms with Gasteiger partial charge in [0.2, 0.25) is 0 Å². The van der Waals surface area contributed by atoms with Crippen molar-refractivity contribution in [1.82, 2.24) is 10.2 Å². The van der Waals surface area contributed by atoms with Gasteiger partial charge in [-0.05, 0) is 48.1 Å². The minimum atomic E-state index is 0.609. The van der Waals surface area contributed by atoms with E-state index in [-0.39, 0.29) is 0 Å². The molecule has 2 aromatic rings. The van der Waals surface area contributed by atoms with Gasteiger partial charge in [-0.1, -0.05) is 23.7 Å². The molecule has 0 saturated heterocycles. The first-order chi connectivity index (χ1) is 11.5. The summed E-state index contributed by atoms with van der Waals surface area (Å²) in [4.78, 5) is 1.95. The molecule has 6 heteroatoms. The molecule has 0 fully saturated rings. The number of ether oxygens (including phenoxy) is 2. The van der Waals surface area contributed by atoms with Gasteiger partial charge in [-0.3, -0.25) is 0 Å². The normalized spacial score (nSPS) is 10.2. The van der Waals surface area contributed by atoms with Crippen molar-refractivity contribution in [2.45, 2.75) is 13.1 Å². The Morgan fingerprint density at radius 2 is 1.83 bits per heavy atom. The number of hydrogen-bond acceptors (Lipinski definition) is 3. The number of thiocarbonyl (C=S) groups is 1. The topological polar surface area (TPSA) is 33.7 Å². The molecule has 0 heterocycles. The summed E-state index contributed by atoms with van der Waals surface area (Å²) in [5, 5.41) is 4.59. The molecule has 24 heavy (non-hydrogen) atoms. The van der Waals surface area contributed by atoms with Gasteiger partial charge in [-0.2, -0.15) is 0 Å². The lowest BCUT2D eigenvalue weighted by atomic mass is 10.2. The van der Waals surface area contributed by atoms with Crippen LogP contribution >= 0.6 is 23.8 Å². The fraction of sp³-hybridized carbons (Fsp3) is 0.278. The van der Waals surface area contributed by atoms with Crippen LogP contribution in [0.1, 0.15) is 11.1 Å². The Labute approximate surface area is 153 Å². The van der Waals surface area contributed by atoms with E-state index >= 15 is 0 Å². The third-order valence-electron chi connectivity index (χ3n) is 3.60. The van der Waals surface area contributed by atoms with Gasteiger partial charge >= 0.3 is 0 Å². The van der Waals surface area contributed by atoms with Gasteiger partial charge in [0.1, 0.15) is 11.5 Å². The van der Waals surface area contributed by atoms with Crippen molar-refractivity contribution >= 4 is 28.9 Å². The fourth-order valence-corrected chi connectivity index (χ4v) is 2.59. The molecule has 2 rings (SSSR count). The average Bonchev–Trinajstić information content (AvgIpc) is 2.60. The predicted molar refractivity (Wildman–Crippen MR) is 102 cm³/mol. The van der Waals surface area contributed by atoms with E-state index < -0.39 is 0 Å². The molecule has 0 saturated carbocycles. The minimum Gasteiger partial charge on any atom is -0.497 e. The summed E-state index contributed by atoms with van der Waals surface area (Å²) in [6, 6.07) is 13.4. The summed E-state index contributed by atoms with van der Waals surface area (Å²) in [5.74, 6) is 1.63. The summed E-state index contributed by atoms with van der Waals surface area (Å²) < 4.78 is 10.5. The maximum atomic E-state index is 6.07. The zero-order valence-corrected chi connectivity index (χ0v) is 15.6. The number of methoxy groups -OCH3 is 2. The van der Waals surface area contributed by atoms with E-state index in [0.717, 1.165) is 22.6 Å². The molecule has 1 N–H and O–H groups in total. The molecule has 0 aliphatic heterocycles. The van der Waals surface area contributed by atoms with E-state index in [1.54, 1.807) is 14.2 Å². The highest BCUT2D eigenvalue weighted by Gasteiger charge is 2.10. The smallest absolute Gasteiger partial charge is 0.169 e. The van der Waals surface area contributed by atoms with Gasteiger partial charge < -0.3 is 19.7 Å². The molecule has 0 aliphatic carbocycles. The monoisotopic (exact) mass is 364 g/mol. The zero-order valence-electron chi connectivity index (χ0n) is 14.0. The highest BCUT2D eigenvalue weighted by atomic mass is 35.5. The van der Waals surface area contributed by atoms with Crippen molar-refractivity contribution in [2.75, 3.05) is 21.3 Å². The molecule has 128 valence electrons. The highest BCUT2D eigenvalue weighted by Crippen LogP contribution is 2.23. The van der Waals surface area contributed by atoms with Gasteiger partial charge in [0.05, 0.1) is 14.2 Å². The number of nitrogens with zero attached hydrogens (tertiary/aromatic N) is 1. The molecular weight excluding hydrogens is 344 g/mol. The maximum Gasteiger partial charge on any atom is 0.169 e. The summed E-state index contributed by atoms with van der Waals surface area (Å²) in [6.07, 6.45) is 0. The standard InChI is InChI=1S/C18H21ClN2O2S/c1-21(12-14-10-15(19)6-9-17(14)23-3)18(24)20-11-13-4-7-16(22-2)8-5-13/h4-10H,11-12H2,1-3H3,(H,20,24). The SMILES string of the molecule is COc1ccc(CNC(=S)N(C)Cc2cc(Cl)ccc2OC)cc1. The molecule has 2 aromatic carbocycles. The first-order valence-corrected chi connectivity index (χ1v) is 8.26. The second kappa shape index (κ2) is 8.76. The van der Waals surface area contributed by atoms with Gasteiger partial charge in [-0.15, -0.1) is 0 Å². The van der Waals surface area contributed by atoms with Crippen LogP contribution in [0.4, 0.5) is 0 Å². The van der Waals surface area contributed by atoms with Crippen molar-refractivity contribution in [1.29, 1.82) is 0 Å². The zero-order chi connectivity index (χ0) is 17.5. The number of nitrogens with one attached hydrogen (secondary N) is 1. The van der Waals surface area contributed by atoms with Crippen LogP contribution in [0.2, 0.25) is 5.02 Å². The molecule has 4 nitrogen and oxygen atoms in total. The van der Waals surface area contributed by atoms with Crippen LogP contribution in [0.3, 0.4) is 0 Å². The van der Waals surface area contributed by atoms with Crippen molar-refractivity contribution in [3.63, 3.8) is 0 Å². The largest absolute Gasteiger partial charge is 0.497 e. The van der Waals surface area contributed by atoms with Gasteiger partial charge in [0.25, 0.3) is 0 Å². The molecular formula is C18H21ClN2O2S. The number of rotatable bonds is 6. The van der Waals surface area contributed by atoms with Crippen LogP contribution in [0.25, 0.3) is 0 Å². The Hall–Kier alpha value is -1.98. The molecule has 0 amide bonds. The summed E-state index contributed by atoms with van der Waals surface area (Å²) in [5.41, 5.74) is 2.12. The third-order valence-corrected chi connectivity index (χ3v) is 4.29. The van der Waals surface area contributed by atoms with E-state index in [1.807, 2.05) is 54.4 Å². The van der Waals surface area contributed by atoms with Crippen LogP contribution in [0, 0.1) is 0 Å². The van der Waals surface area contributed by atoms with Crippen LogP contribution in [-0.4, -0.2) is 31.3 Å². The van der Waals surface area contributed by atoms with E-state index in [0.29, 0.717) is 23.2 Å². The third kappa shape index (κ3) is 5.01. The van der Waals surface area contributed by atoms with Crippen molar-refractivity contribution in [3.8, 4) is 11.5 Å². The first kappa shape index (κ1) is 18.4. The Bertz CT molecular complexity index is 692. The van der Waals surface area contributed by atoms with Gasteiger partial charge in [0.15, 0.2) is 5.11 Å². The average molecular weight is 365 g/mol. The second-order valence-electron chi connectivity index (χ2n) is 5.32. The van der Waals surface area contributed by atoms with Crippen molar-refractivity contribution < 1.29 is 9.47 Å². The fourth-order valence-electron chi connectivity index (χ4n) is 2.25. The van der Waals surface area contributed by atoms with Crippen LogP contribution in [-0.2, 0) is 13.1 Å². The lowest BCUT2D eigenvalue weighted by Gasteiger charge is -2.22. The summed E-state index contributed by atoms with van der Waals surface area (Å²) in [6.45, 7) is 1.26. The number of halogens is 1. The molecule has 0 unspecified atom stereocenters. The molecule has 0 aliphatic rings. The maximum absolute atomic E-state index is 6.07. The van der Waals surface area contributed by atoms with Crippen LogP contribution < -0.4 is 14.8 Å². The van der Waals surface area contributed by atoms with Crippen LogP contribution in [0.15, 0.2) is 42.5 Å². The lowest BCUT2D eigenvalue weighted by Crippen LogP contribution is -2.36. The summed E-state index contributed by atoms with van der Waals surface area (Å²) >= 11 is 11.5. The Balaban J connectivity index is 1.93. The lowest BCUT2D eigenvalue weighted by molar-refractivity contribution is 0.397. The second-order valence-corrected chi connectivity index (χ2v) is 6.14. The summed E-state index contributed by atoms with van der Waals surface area (Å²) in [7, 11) is 5.23. The Kier molecular flexibility index (Phi) is 6.70. The molecule has 0 atom stereocenters. The molecule has 0 spiro atoms.